The molecule has 1 aliphatic heterocycles. The fraction of sp³-hybridized carbons (Fsp3) is 0.696. The maximum atomic E-state index is 12.5. The minimum atomic E-state index is 0.122. The van der Waals surface area contributed by atoms with E-state index in [1.807, 2.05) is 12.1 Å². The SMILES string of the molecule is CCCC(=O)N[C@@H]1C(C)(C)[C@@H]2C[C@@H]3[C@@H](c4ccc(OC)cc4)OCC[C@@]31C2. The molecular formula is C23H33NO3. The molecule has 2 saturated carbocycles. The van der Waals surface area contributed by atoms with E-state index in [1.54, 1.807) is 7.11 Å². The van der Waals surface area contributed by atoms with E-state index >= 15 is 0 Å². The van der Waals surface area contributed by atoms with Crippen molar-refractivity contribution in [3.05, 3.63) is 29.8 Å². The van der Waals surface area contributed by atoms with Crippen LogP contribution in [0.1, 0.15) is 64.5 Å². The molecule has 0 radical (unpaired) electrons. The van der Waals surface area contributed by atoms with E-state index in [4.69, 9.17) is 9.47 Å². The number of hydrogen-bond donors (Lipinski definition) is 1. The Morgan fingerprint density at radius 3 is 2.70 bits per heavy atom. The Bertz CT molecular complexity index is 698. The number of hydrogen-bond acceptors (Lipinski definition) is 3. The molecule has 1 aromatic rings. The lowest BCUT2D eigenvalue weighted by molar-refractivity contribution is -0.137. The van der Waals surface area contributed by atoms with E-state index in [9.17, 15) is 4.79 Å². The van der Waals surface area contributed by atoms with E-state index in [2.05, 4.69) is 38.2 Å². The zero-order valence-corrected chi connectivity index (χ0v) is 17.1. The van der Waals surface area contributed by atoms with Gasteiger partial charge in [-0.1, -0.05) is 32.9 Å². The molecule has 1 saturated heterocycles. The Morgan fingerprint density at radius 2 is 2.04 bits per heavy atom. The van der Waals surface area contributed by atoms with Gasteiger partial charge in [0.15, 0.2) is 0 Å². The first-order chi connectivity index (χ1) is 12.9. The number of fused-ring (bicyclic) bond motifs is 1. The number of ether oxygens (including phenoxy) is 2. The molecule has 0 aromatic heterocycles. The van der Waals surface area contributed by atoms with Crippen LogP contribution < -0.4 is 10.1 Å². The number of methoxy groups -OCH3 is 1. The van der Waals surface area contributed by atoms with Crippen LogP contribution in [0.5, 0.6) is 5.75 Å². The summed E-state index contributed by atoms with van der Waals surface area (Å²) in [6, 6.07) is 8.58. The van der Waals surface area contributed by atoms with Crippen LogP contribution in [0.4, 0.5) is 0 Å². The summed E-state index contributed by atoms with van der Waals surface area (Å²) in [5.41, 5.74) is 1.56. The number of carbonyl (C=O) groups is 1. The van der Waals surface area contributed by atoms with Gasteiger partial charge in [-0.15, -0.1) is 0 Å². The summed E-state index contributed by atoms with van der Waals surface area (Å²) in [5.74, 6) is 2.22. The summed E-state index contributed by atoms with van der Waals surface area (Å²) in [6.45, 7) is 7.56. The molecule has 2 bridgehead atoms. The van der Waals surface area contributed by atoms with Gasteiger partial charge in [-0.2, -0.15) is 0 Å². The predicted molar refractivity (Wildman–Crippen MR) is 106 cm³/mol. The molecule has 1 spiro atoms. The van der Waals surface area contributed by atoms with Gasteiger partial charge in [0.25, 0.3) is 0 Å². The zero-order valence-electron chi connectivity index (χ0n) is 17.1. The standard InChI is InChI=1S/C23H33NO3/c1-5-6-19(25)24-21-22(2,3)16-13-18-20(27-12-11-23(18,21)14-16)15-7-9-17(26-4)10-8-15/h7-10,16,18,20-21H,5-6,11-14H2,1-4H3,(H,24,25)/t16-,18-,20-,21-,23-/m1/s1. The highest BCUT2D eigenvalue weighted by molar-refractivity contribution is 5.76. The van der Waals surface area contributed by atoms with E-state index in [-0.39, 0.29) is 28.9 Å². The Labute approximate surface area is 163 Å². The lowest BCUT2D eigenvalue weighted by Crippen LogP contribution is -2.58. The van der Waals surface area contributed by atoms with Crippen LogP contribution in [-0.2, 0) is 9.53 Å². The molecule has 3 aliphatic rings. The topological polar surface area (TPSA) is 47.6 Å². The van der Waals surface area contributed by atoms with Crippen molar-refractivity contribution in [1.82, 2.24) is 5.32 Å². The summed E-state index contributed by atoms with van der Waals surface area (Å²) in [5, 5.41) is 3.47. The van der Waals surface area contributed by atoms with E-state index < -0.39 is 0 Å². The second-order valence-electron chi connectivity index (χ2n) is 9.36. The van der Waals surface area contributed by atoms with Gasteiger partial charge >= 0.3 is 0 Å². The summed E-state index contributed by atoms with van der Waals surface area (Å²) in [6.07, 6.45) is 5.12. The van der Waals surface area contributed by atoms with E-state index in [0.717, 1.165) is 25.2 Å². The monoisotopic (exact) mass is 371 g/mol. The first kappa shape index (κ1) is 18.8. The van der Waals surface area contributed by atoms with Crippen LogP contribution in [0.2, 0.25) is 0 Å². The van der Waals surface area contributed by atoms with Gasteiger partial charge in [0.05, 0.1) is 13.2 Å². The average Bonchev–Trinajstić information content (AvgIpc) is 3.15. The maximum absolute atomic E-state index is 12.5. The van der Waals surface area contributed by atoms with Crippen LogP contribution in [0, 0.1) is 22.7 Å². The molecule has 4 nitrogen and oxygen atoms in total. The van der Waals surface area contributed by atoms with Crippen molar-refractivity contribution in [2.24, 2.45) is 22.7 Å². The van der Waals surface area contributed by atoms with Crippen LogP contribution in [0.3, 0.4) is 0 Å². The number of benzene rings is 1. The lowest BCUT2D eigenvalue weighted by atomic mass is 9.59. The highest BCUT2D eigenvalue weighted by Crippen LogP contribution is 2.70. The second kappa shape index (κ2) is 6.80. The molecule has 1 heterocycles. The lowest BCUT2D eigenvalue weighted by Gasteiger charge is -2.53. The van der Waals surface area contributed by atoms with E-state index in [1.165, 1.54) is 18.4 Å². The number of nitrogens with one attached hydrogen (secondary N) is 1. The molecule has 1 N–H and O–H groups in total. The Balaban J connectivity index is 1.64. The molecule has 148 valence electrons. The van der Waals surface area contributed by atoms with Crippen molar-refractivity contribution in [3.63, 3.8) is 0 Å². The van der Waals surface area contributed by atoms with Crippen LogP contribution in [-0.4, -0.2) is 25.7 Å². The molecule has 4 rings (SSSR count). The van der Waals surface area contributed by atoms with Gasteiger partial charge in [0.1, 0.15) is 5.75 Å². The minimum absolute atomic E-state index is 0.122. The summed E-state index contributed by atoms with van der Waals surface area (Å²) < 4.78 is 11.6. The van der Waals surface area contributed by atoms with Gasteiger partial charge in [-0.05, 0) is 66.0 Å². The zero-order chi connectivity index (χ0) is 19.2. The first-order valence-electron chi connectivity index (χ1n) is 10.5. The van der Waals surface area contributed by atoms with Crippen molar-refractivity contribution in [3.8, 4) is 5.75 Å². The van der Waals surface area contributed by atoms with Gasteiger partial charge < -0.3 is 14.8 Å². The highest BCUT2D eigenvalue weighted by atomic mass is 16.5. The third-order valence-electron chi connectivity index (χ3n) is 7.73. The van der Waals surface area contributed by atoms with Crippen LogP contribution >= 0.6 is 0 Å². The summed E-state index contributed by atoms with van der Waals surface area (Å²) in [4.78, 5) is 12.5. The normalized spacial score (nSPS) is 36.3. The third kappa shape index (κ3) is 2.88. The third-order valence-corrected chi connectivity index (χ3v) is 7.73. The molecule has 4 heteroatoms. The molecule has 5 atom stereocenters. The second-order valence-corrected chi connectivity index (χ2v) is 9.36. The van der Waals surface area contributed by atoms with Gasteiger partial charge in [0, 0.05) is 19.1 Å². The number of carbonyl (C=O) groups excluding carboxylic acids is 1. The van der Waals surface area contributed by atoms with Crippen molar-refractivity contribution >= 4 is 5.91 Å². The van der Waals surface area contributed by atoms with Crippen molar-refractivity contribution in [2.75, 3.05) is 13.7 Å². The van der Waals surface area contributed by atoms with Crippen LogP contribution in [0.25, 0.3) is 0 Å². The molecule has 1 aromatic carbocycles. The summed E-state index contributed by atoms with van der Waals surface area (Å²) in [7, 11) is 1.70. The largest absolute Gasteiger partial charge is 0.497 e. The van der Waals surface area contributed by atoms with Gasteiger partial charge in [-0.3, -0.25) is 4.79 Å². The molecule has 3 fully saturated rings. The van der Waals surface area contributed by atoms with E-state index in [0.29, 0.717) is 18.3 Å². The fourth-order valence-corrected chi connectivity index (χ4v) is 6.37. The Kier molecular flexibility index (Phi) is 4.74. The first-order valence-corrected chi connectivity index (χ1v) is 10.5. The van der Waals surface area contributed by atoms with Crippen molar-refractivity contribution in [1.29, 1.82) is 0 Å². The fourth-order valence-electron chi connectivity index (χ4n) is 6.37. The Morgan fingerprint density at radius 1 is 1.30 bits per heavy atom. The molecule has 1 amide bonds. The quantitative estimate of drug-likeness (QED) is 0.829. The average molecular weight is 372 g/mol. The predicted octanol–water partition coefficient (Wildman–Crippen LogP) is 4.49. The summed E-state index contributed by atoms with van der Waals surface area (Å²) >= 11 is 0. The number of amides is 1. The maximum Gasteiger partial charge on any atom is 0.220 e. The molecule has 2 aliphatic carbocycles. The van der Waals surface area contributed by atoms with Crippen molar-refractivity contribution in [2.45, 2.75) is 65.0 Å². The molecule has 27 heavy (non-hydrogen) atoms. The number of rotatable bonds is 5. The minimum Gasteiger partial charge on any atom is -0.497 e. The molecular weight excluding hydrogens is 338 g/mol. The van der Waals surface area contributed by atoms with Gasteiger partial charge in [-0.25, -0.2) is 0 Å². The van der Waals surface area contributed by atoms with Crippen LogP contribution in [0.15, 0.2) is 24.3 Å². The Hall–Kier alpha value is -1.55. The molecule has 0 unspecified atom stereocenters. The van der Waals surface area contributed by atoms with Gasteiger partial charge in [0.2, 0.25) is 5.91 Å². The highest BCUT2D eigenvalue weighted by Gasteiger charge is 2.68. The van der Waals surface area contributed by atoms with Crippen molar-refractivity contribution < 1.29 is 14.3 Å². The smallest absolute Gasteiger partial charge is 0.220 e.